The van der Waals surface area contributed by atoms with Gasteiger partial charge in [-0.3, -0.25) is 4.98 Å². The molecule has 3 heteroatoms. The van der Waals surface area contributed by atoms with Crippen LogP contribution in [0.25, 0.3) is 22.3 Å². The van der Waals surface area contributed by atoms with Crippen molar-refractivity contribution >= 4 is 10.9 Å². The molecule has 3 nitrogen and oxygen atoms in total. The zero-order chi connectivity index (χ0) is 10.1. The number of rotatable bonds is 1. The average Bonchev–Trinajstić information content (AvgIpc) is 2.82. The minimum Gasteiger partial charge on any atom is -0.345 e. The monoisotopic (exact) mass is 195 g/mol. The highest BCUT2D eigenvalue weighted by Crippen LogP contribution is 2.19. The minimum absolute atomic E-state index is 0.890. The molecule has 0 aliphatic rings. The van der Waals surface area contributed by atoms with E-state index in [0.717, 1.165) is 22.3 Å². The highest BCUT2D eigenvalue weighted by Gasteiger charge is 2.00. The van der Waals surface area contributed by atoms with Gasteiger partial charge in [-0.05, 0) is 24.3 Å². The van der Waals surface area contributed by atoms with Crippen LogP contribution in [0.3, 0.4) is 0 Å². The van der Waals surface area contributed by atoms with Crippen molar-refractivity contribution < 1.29 is 0 Å². The largest absolute Gasteiger partial charge is 0.345 e. The van der Waals surface area contributed by atoms with Crippen LogP contribution in [-0.2, 0) is 0 Å². The summed E-state index contributed by atoms with van der Waals surface area (Å²) in [6.45, 7) is 0. The molecule has 15 heavy (non-hydrogen) atoms. The number of aromatic amines is 1. The first-order valence-electron chi connectivity index (χ1n) is 4.78. The first-order chi connectivity index (χ1) is 7.43. The Labute approximate surface area is 86.8 Å². The van der Waals surface area contributed by atoms with Crippen LogP contribution in [0.5, 0.6) is 0 Å². The lowest BCUT2D eigenvalue weighted by atomic mass is 10.1. The van der Waals surface area contributed by atoms with E-state index >= 15 is 0 Å². The topological polar surface area (TPSA) is 41.6 Å². The van der Waals surface area contributed by atoms with Gasteiger partial charge < -0.3 is 4.98 Å². The van der Waals surface area contributed by atoms with Crippen LogP contribution in [-0.4, -0.2) is 15.0 Å². The van der Waals surface area contributed by atoms with Gasteiger partial charge in [-0.2, -0.15) is 0 Å². The molecule has 0 amide bonds. The molecule has 0 bridgehead atoms. The van der Waals surface area contributed by atoms with Crippen molar-refractivity contribution in [3.63, 3.8) is 0 Å². The smallest absolute Gasteiger partial charge is 0.137 e. The Balaban J connectivity index is 2.22. The lowest BCUT2D eigenvalue weighted by Crippen LogP contribution is -1.82. The molecule has 2 heterocycles. The van der Waals surface area contributed by atoms with E-state index in [0.29, 0.717) is 0 Å². The number of imidazole rings is 1. The van der Waals surface area contributed by atoms with Gasteiger partial charge in [0.25, 0.3) is 0 Å². The van der Waals surface area contributed by atoms with Gasteiger partial charge in [-0.1, -0.05) is 6.07 Å². The third kappa shape index (κ3) is 1.38. The Morgan fingerprint density at radius 3 is 2.87 bits per heavy atom. The average molecular weight is 195 g/mol. The van der Waals surface area contributed by atoms with Crippen LogP contribution in [0.2, 0.25) is 0 Å². The van der Waals surface area contributed by atoms with E-state index in [9.17, 15) is 0 Å². The molecule has 3 rings (SSSR count). The Hall–Kier alpha value is -2.16. The second-order valence-electron chi connectivity index (χ2n) is 3.35. The van der Waals surface area contributed by atoms with E-state index in [1.807, 2.05) is 24.4 Å². The van der Waals surface area contributed by atoms with Crippen LogP contribution in [0, 0.1) is 0 Å². The van der Waals surface area contributed by atoms with Gasteiger partial charge in [-0.15, -0.1) is 0 Å². The standard InChI is InChI=1S/C12H9N3/c1-2-9-8-10(12-14-6-7-15-12)3-4-11(9)13-5-1/h1-8H,(H,14,15). The van der Waals surface area contributed by atoms with Crippen molar-refractivity contribution in [3.8, 4) is 11.4 Å². The summed E-state index contributed by atoms with van der Waals surface area (Å²) in [6, 6.07) is 10.1. The summed E-state index contributed by atoms with van der Waals surface area (Å²) >= 11 is 0. The Bertz CT molecular complexity index is 585. The number of aromatic nitrogens is 3. The van der Waals surface area contributed by atoms with Gasteiger partial charge in [0, 0.05) is 29.5 Å². The third-order valence-electron chi connectivity index (χ3n) is 2.37. The number of fused-ring (bicyclic) bond motifs is 1. The second kappa shape index (κ2) is 3.20. The first-order valence-corrected chi connectivity index (χ1v) is 4.78. The fourth-order valence-electron chi connectivity index (χ4n) is 1.65. The zero-order valence-electron chi connectivity index (χ0n) is 8.01. The highest BCUT2D eigenvalue weighted by atomic mass is 14.9. The minimum atomic E-state index is 0.890. The van der Waals surface area contributed by atoms with Crippen LogP contribution >= 0.6 is 0 Å². The van der Waals surface area contributed by atoms with E-state index in [-0.39, 0.29) is 0 Å². The summed E-state index contributed by atoms with van der Waals surface area (Å²) < 4.78 is 0. The van der Waals surface area contributed by atoms with Crippen LogP contribution in [0.1, 0.15) is 0 Å². The number of hydrogen-bond donors (Lipinski definition) is 1. The summed E-state index contributed by atoms with van der Waals surface area (Å²) in [6.07, 6.45) is 5.38. The number of nitrogens with one attached hydrogen (secondary N) is 1. The van der Waals surface area contributed by atoms with Gasteiger partial charge in [0.1, 0.15) is 5.82 Å². The Morgan fingerprint density at radius 2 is 2.00 bits per heavy atom. The molecule has 0 aliphatic heterocycles. The summed E-state index contributed by atoms with van der Waals surface area (Å²) in [7, 11) is 0. The van der Waals surface area contributed by atoms with Crippen LogP contribution in [0.4, 0.5) is 0 Å². The van der Waals surface area contributed by atoms with Gasteiger partial charge in [-0.25, -0.2) is 4.98 Å². The van der Waals surface area contributed by atoms with Crippen molar-refractivity contribution in [2.75, 3.05) is 0 Å². The highest BCUT2D eigenvalue weighted by molar-refractivity contribution is 5.82. The number of benzene rings is 1. The number of nitrogens with zero attached hydrogens (tertiary/aromatic N) is 2. The Kier molecular flexibility index (Phi) is 1.75. The number of hydrogen-bond acceptors (Lipinski definition) is 2. The molecular weight excluding hydrogens is 186 g/mol. The Morgan fingerprint density at radius 1 is 1.00 bits per heavy atom. The second-order valence-corrected chi connectivity index (χ2v) is 3.35. The molecule has 0 atom stereocenters. The first kappa shape index (κ1) is 8.17. The molecule has 2 aromatic heterocycles. The SMILES string of the molecule is c1cnc2ccc(-c3ncc[nH]3)cc2c1. The van der Waals surface area contributed by atoms with Crippen molar-refractivity contribution in [2.24, 2.45) is 0 Å². The van der Waals surface area contributed by atoms with Gasteiger partial charge in [0.05, 0.1) is 5.52 Å². The van der Waals surface area contributed by atoms with Crippen LogP contribution in [0.15, 0.2) is 48.9 Å². The van der Waals surface area contributed by atoms with Crippen molar-refractivity contribution in [2.45, 2.75) is 0 Å². The fraction of sp³-hybridized carbons (Fsp3) is 0. The van der Waals surface area contributed by atoms with Crippen molar-refractivity contribution in [1.29, 1.82) is 0 Å². The van der Waals surface area contributed by atoms with Crippen LogP contribution < -0.4 is 0 Å². The molecule has 0 radical (unpaired) electrons. The maximum absolute atomic E-state index is 4.27. The van der Waals surface area contributed by atoms with E-state index in [2.05, 4.69) is 27.1 Å². The van der Waals surface area contributed by atoms with Gasteiger partial charge >= 0.3 is 0 Å². The molecule has 0 fully saturated rings. The summed E-state index contributed by atoms with van der Waals surface area (Å²) in [4.78, 5) is 11.6. The molecule has 72 valence electrons. The number of H-pyrrole nitrogens is 1. The molecule has 0 saturated carbocycles. The third-order valence-corrected chi connectivity index (χ3v) is 2.37. The molecule has 0 aliphatic carbocycles. The zero-order valence-corrected chi connectivity index (χ0v) is 8.01. The predicted octanol–water partition coefficient (Wildman–Crippen LogP) is 2.62. The molecule has 3 aromatic rings. The maximum atomic E-state index is 4.27. The van der Waals surface area contributed by atoms with E-state index < -0.39 is 0 Å². The molecule has 0 saturated heterocycles. The summed E-state index contributed by atoms with van der Waals surface area (Å²) in [5.41, 5.74) is 2.09. The predicted molar refractivity (Wildman–Crippen MR) is 59.3 cm³/mol. The molecular formula is C12H9N3. The van der Waals surface area contributed by atoms with E-state index in [1.54, 1.807) is 12.4 Å². The molecule has 0 spiro atoms. The quantitative estimate of drug-likeness (QED) is 0.648. The lowest BCUT2D eigenvalue weighted by Gasteiger charge is -1.99. The van der Waals surface area contributed by atoms with Crippen molar-refractivity contribution in [3.05, 3.63) is 48.9 Å². The van der Waals surface area contributed by atoms with Gasteiger partial charge in [0.2, 0.25) is 0 Å². The molecule has 1 aromatic carbocycles. The van der Waals surface area contributed by atoms with E-state index in [4.69, 9.17) is 0 Å². The molecule has 0 unspecified atom stereocenters. The summed E-state index contributed by atoms with van der Waals surface area (Å²) in [5, 5.41) is 1.13. The van der Waals surface area contributed by atoms with Crippen molar-refractivity contribution in [1.82, 2.24) is 15.0 Å². The van der Waals surface area contributed by atoms with E-state index in [1.165, 1.54) is 0 Å². The number of pyridine rings is 1. The molecule has 1 N–H and O–H groups in total. The lowest BCUT2D eigenvalue weighted by molar-refractivity contribution is 1.31. The summed E-state index contributed by atoms with van der Waals surface area (Å²) in [5.74, 6) is 0.890. The maximum Gasteiger partial charge on any atom is 0.137 e. The van der Waals surface area contributed by atoms with Gasteiger partial charge in [0.15, 0.2) is 0 Å². The fourth-order valence-corrected chi connectivity index (χ4v) is 1.65. The normalized spacial score (nSPS) is 10.7.